The molecule has 0 spiro atoms. The van der Waals surface area contributed by atoms with E-state index < -0.39 is 0 Å². The average Bonchev–Trinajstić information content (AvgIpc) is 2.80. The van der Waals surface area contributed by atoms with Crippen molar-refractivity contribution in [1.82, 2.24) is 0 Å². The second-order valence-corrected chi connectivity index (χ2v) is 3.61. The van der Waals surface area contributed by atoms with Crippen LogP contribution in [0.15, 0.2) is 40.7 Å². The minimum atomic E-state index is 0.133. The lowest BCUT2D eigenvalue weighted by Crippen LogP contribution is -1.99. The van der Waals surface area contributed by atoms with Gasteiger partial charge >= 0.3 is 0 Å². The molecule has 13 heavy (non-hydrogen) atoms. The Morgan fingerprint density at radius 3 is 2.54 bits per heavy atom. The first-order valence-corrected chi connectivity index (χ1v) is 4.47. The van der Waals surface area contributed by atoms with Crippen molar-refractivity contribution in [2.45, 2.75) is 19.8 Å². The molecule has 1 aromatic rings. The number of hydrogen-bond donors (Lipinski definition) is 0. The quantitative estimate of drug-likeness (QED) is 0.594. The van der Waals surface area contributed by atoms with Gasteiger partial charge in [-0.25, -0.2) is 0 Å². The summed E-state index contributed by atoms with van der Waals surface area (Å²) in [5, 5.41) is 0. The maximum absolute atomic E-state index is 11.5. The molecule has 0 aliphatic heterocycles. The Bertz CT molecular complexity index is 429. The van der Waals surface area contributed by atoms with Gasteiger partial charge in [0.2, 0.25) is 0 Å². The van der Waals surface area contributed by atoms with Gasteiger partial charge in [0.05, 0.1) is 0 Å². The van der Waals surface area contributed by atoms with Gasteiger partial charge in [-0.3, -0.25) is 4.79 Å². The van der Waals surface area contributed by atoms with Crippen molar-refractivity contribution in [3.63, 3.8) is 0 Å². The van der Waals surface area contributed by atoms with Crippen LogP contribution >= 0.6 is 0 Å². The molecule has 2 rings (SSSR count). The van der Waals surface area contributed by atoms with E-state index in [4.69, 9.17) is 0 Å². The predicted molar refractivity (Wildman–Crippen MR) is 53.9 cm³/mol. The topological polar surface area (TPSA) is 17.1 Å². The third-order valence-electron chi connectivity index (χ3n) is 2.49. The largest absolute Gasteiger partial charge is 0.290 e. The van der Waals surface area contributed by atoms with Gasteiger partial charge in [0, 0.05) is 5.92 Å². The summed E-state index contributed by atoms with van der Waals surface area (Å²) in [4.78, 5) is 11.5. The summed E-state index contributed by atoms with van der Waals surface area (Å²) in [6.45, 7) is 3.94. The Labute approximate surface area is 77.7 Å². The molecule has 1 unspecified atom stereocenters. The molecule has 0 amide bonds. The zero-order chi connectivity index (χ0) is 9.42. The zero-order valence-corrected chi connectivity index (χ0v) is 7.87. The molecule has 1 nitrogen and oxygen atoms in total. The van der Waals surface area contributed by atoms with Crippen LogP contribution in [0, 0.1) is 6.92 Å². The summed E-state index contributed by atoms with van der Waals surface area (Å²) in [5.74, 6) is 0.430. The molecule has 0 saturated heterocycles. The number of hydrogen-bond acceptors (Lipinski definition) is 1. The van der Waals surface area contributed by atoms with E-state index >= 15 is 0 Å². The second-order valence-electron chi connectivity index (χ2n) is 3.61. The molecule has 0 bridgehead atoms. The van der Waals surface area contributed by atoms with Crippen molar-refractivity contribution in [2.24, 2.45) is 0 Å². The molecule has 0 aromatic heterocycles. The molecule has 1 heteroatoms. The fraction of sp³-hybridized carbons (Fsp3) is 0.250. The van der Waals surface area contributed by atoms with Crippen LogP contribution in [0.2, 0.25) is 0 Å². The summed E-state index contributed by atoms with van der Waals surface area (Å²) < 4.78 is 0. The normalized spacial score (nSPS) is 19.5. The van der Waals surface area contributed by atoms with E-state index in [9.17, 15) is 4.79 Å². The van der Waals surface area contributed by atoms with E-state index in [0.717, 1.165) is 11.1 Å². The number of rotatable bonds is 1. The molecule has 0 N–H and O–H groups in total. The number of allylic oxidation sites excluding steroid dienone is 2. The highest BCUT2D eigenvalue weighted by molar-refractivity contribution is 5.44. The van der Waals surface area contributed by atoms with Crippen LogP contribution in [-0.2, 0) is 0 Å². The van der Waals surface area contributed by atoms with Crippen molar-refractivity contribution in [2.75, 3.05) is 0 Å². The second kappa shape index (κ2) is 2.84. The molecule has 1 aliphatic rings. The molecule has 66 valence electrons. The van der Waals surface area contributed by atoms with Crippen molar-refractivity contribution in [1.29, 1.82) is 0 Å². The molecule has 1 atom stereocenters. The van der Waals surface area contributed by atoms with Gasteiger partial charge in [0.25, 0.3) is 0 Å². The summed E-state index contributed by atoms with van der Waals surface area (Å²) >= 11 is 0. The third kappa shape index (κ3) is 1.55. The SMILES string of the molecule is CC1=CC1c1cccc(C)c(=O)c1. The van der Waals surface area contributed by atoms with Gasteiger partial charge < -0.3 is 0 Å². The lowest BCUT2D eigenvalue weighted by Gasteiger charge is -1.92. The van der Waals surface area contributed by atoms with E-state index in [-0.39, 0.29) is 5.43 Å². The maximum Gasteiger partial charge on any atom is 0.181 e. The lowest BCUT2D eigenvalue weighted by molar-refractivity contribution is 1.17. The Morgan fingerprint density at radius 1 is 1.23 bits per heavy atom. The van der Waals surface area contributed by atoms with Gasteiger partial charge in [-0.2, -0.15) is 0 Å². The highest BCUT2D eigenvalue weighted by Gasteiger charge is 2.21. The summed E-state index contributed by atoms with van der Waals surface area (Å²) in [5.41, 5.74) is 3.43. The Kier molecular flexibility index (Phi) is 1.80. The first-order valence-electron chi connectivity index (χ1n) is 4.47. The molecule has 0 radical (unpaired) electrons. The predicted octanol–water partition coefficient (Wildman–Crippen LogP) is 2.40. The average molecular weight is 172 g/mol. The highest BCUT2D eigenvalue weighted by Crippen LogP contribution is 2.37. The molecule has 0 fully saturated rings. The van der Waals surface area contributed by atoms with Gasteiger partial charge in [0.1, 0.15) is 0 Å². The van der Waals surface area contributed by atoms with Crippen molar-refractivity contribution >= 4 is 0 Å². The summed E-state index contributed by atoms with van der Waals surface area (Å²) in [6.07, 6.45) is 2.17. The van der Waals surface area contributed by atoms with Crippen LogP contribution in [0.5, 0.6) is 0 Å². The molecular formula is C12H12O. The van der Waals surface area contributed by atoms with E-state index in [2.05, 4.69) is 13.0 Å². The fourth-order valence-corrected chi connectivity index (χ4v) is 1.47. The fourth-order valence-electron chi connectivity index (χ4n) is 1.47. The zero-order valence-electron chi connectivity index (χ0n) is 7.87. The monoisotopic (exact) mass is 172 g/mol. The first kappa shape index (κ1) is 8.24. The van der Waals surface area contributed by atoms with Crippen molar-refractivity contribution in [3.8, 4) is 0 Å². The van der Waals surface area contributed by atoms with Crippen LogP contribution < -0.4 is 5.43 Å². The molecule has 1 aromatic carbocycles. The van der Waals surface area contributed by atoms with Crippen molar-refractivity contribution in [3.05, 3.63) is 57.3 Å². The van der Waals surface area contributed by atoms with Crippen LogP contribution in [0.1, 0.15) is 24.0 Å². The van der Waals surface area contributed by atoms with Gasteiger partial charge in [-0.05, 0) is 31.0 Å². The molecule has 0 heterocycles. The minimum absolute atomic E-state index is 0.133. The summed E-state index contributed by atoms with van der Waals surface area (Å²) in [7, 11) is 0. The number of aryl methyl sites for hydroxylation is 1. The van der Waals surface area contributed by atoms with E-state index in [0.29, 0.717) is 5.92 Å². The van der Waals surface area contributed by atoms with Crippen LogP contribution in [0.4, 0.5) is 0 Å². The molecule has 0 saturated carbocycles. The maximum atomic E-state index is 11.5. The molecule has 1 aliphatic carbocycles. The summed E-state index contributed by atoms with van der Waals surface area (Å²) in [6, 6.07) is 7.58. The van der Waals surface area contributed by atoms with Gasteiger partial charge in [-0.15, -0.1) is 0 Å². The highest BCUT2D eigenvalue weighted by atomic mass is 16.1. The van der Waals surface area contributed by atoms with Crippen LogP contribution in [0.25, 0.3) is 0 Å². The Hall–Kier alpha value is -1.37. The minimum Gasteiger partial charge on any atom is -0.290 e. The van der Waals surface area contributed by atoms with E-state index in [1.165, 1.54) is 5.57 Å². The first-order chi connectivity index (χ1) is 6.18. The standard InChI is InChI=1S/C12H12O/c1-8-4-3-5-10(7-12(8)13)11-6-9(11)2/h3-7,11H,1-2H3. The van der Waals surface area contributed by atoms with Crippen molar-refractivity contribution < 1.29 is 0 Å². The Balaban J connectivity index is 2.46. The smallest absolute Gasteiger partial charge is 0.181 e. The van der Waals surface area contributed by atoms with Gasteiger partial charge in [0.15, 0.2) is 5.43 Å². The van der Waals surface area contributed by atoms with E-state index in [1.54, 1.807) is 6.07 Å². The molecular weight excluding hydrogens is 160 g/mol. The van der Waals surface area contributed by atoms with Gasteiger partial charge in [-0.1, -0.05) is 29.8 Å². The Morgan fingerprint density at radius 2 is 1.92 bits per heavy atom. The van der Waals surface area contributed by atoms with Crippen LogP contribution in [-0.4, -0.2) is 0 Å². The van der Waals surface area contributed by atoms with E-state index in [1.807, 2.05) is 25.1 Å². The lowest BCUT2D eigenvalue weighted by atomic mass is 10.1. The third-order valence-corrected chi connectivity index (χ3v) is 2.49. The van der Waals surface area contributed by atoms with Crippen LogP contribution in [0.3, 0.4) is 0 Å².